The number of benzene rings is 2. The molecular formula is C24H24N4OS. The Morgan fingerprint density at radius 2 is 1.90 bits per heavy atom. The highest BCUT2D eigenvalue weighted by Crippen LogP contribution is 2.28. The van der Waals surface area contributed by atoms with E-state index in [0.29, 0.717) is 6.54 Å². The molecule has 0 fully saturated rings. The van der Waals surface area contributed by atoms with E-state index in [0.717, 1.165) is 34.7 Å². The summed E-state index contributed by atoms with van der Waals surface area (Å²) < 4.78 is 1.77. The number of nitrogens with one attached hydrogen (secondary N) is 1. The summed E-state index contributed by atoms with van der Waals surface area (Å²) in [7, 11) is 0. The fraction of sp³-hybridized carbons (Fsp3) is 0.208. The molecule has 3 aromatic rings. The molecular weight excluding hydrogens is 392 g/mol. The first-order valence-electron chi connectivity index (χ1n) is 9.94. The van der Waals surface area contributed by atoms with Crippen molar-refractivity contribution in [3.63, 3.8) is 0 Å². The fourth-order valence-corrected chi connectivity index (χ4v) is 3.69. The van der Waals surface area contributed by atoms with Gasteiger partial charge in [0.05, 0.1) is 11.4 Å². The maximum absolute atomic E-state index is 12.2. The highest BCUT2D eigenvalue weighted by Gasteiger charge is 2.15. The summed E-state index contributed by atoms with van der Waals surface area (Å²) in [6.07, 6.45) is 4.58. The number of hydrogen-bond acceptors (Lipinski definition) is 4. The van der Waals surface area contributed by atoms with E-state index >= 15 is 0 Å². The van der Waals surface area contributed by atoms with Gasteiger partial charge in [-0.2, -0.15) is 10.4 Å². The SMILES string of the molecule is CCCSc1ccc(-c2nn(-c3ccccc3)cc2C=C(C#N)C(=O)NCC)cc1. The lowest BCUT2D eigenvalue weighted by Crippen LogP contribution is -2.23. The summed E-state index contributed by atoms with van der Waals surface area (Å²) in [4.78, 5) is 13.4. The Morgan fingerprint density at radius 1 is 1.17 bits per heavy atom. The Balaban J connectivity index is 2.05. The minimum atomic E-state index is -0.385. The molecule has 0 spiro atoms. The van der Waals surface area contributed by atoms with Gasteiger partial charge in [0.15, 0.2) is 0 Å². The van der Waals surface area contributed by atoms with E-state index in [-0.39, 0.29) is 11.5 Å². The van der Waals surface area contributed by atoms with Crippen molar-refractivity contribution in [2.45, 2.75) is 25.2 Å². The van der Waals surface area contributed by atoms with Gasteiger partial charge in [-0.3, -0.25) is 4.79 Å². The zero-order valence-corrected chi connectivity index (χ0v) is 17.9. The predicted molar refractivity (Wildman–Crippen MR) is 122 cm³/mol. The molecule has 0 radical (unpaired) electrons. The van der Waals surface area contributed by atoms with E-state index in [2.05, 4.69) is 24.4 Å². The van der Waals surface area contributed by atoms with Crippen LogP contribution in [0.3, 0.4) is 0 Å². The Morgan fingerprint density at radius 3 is 2.53 bits per heavy atom. The van der Waals surface area contributed by atoms with Crippen LogP contribution in [0.2, 0.25) is 0 Å². The molecule has 6 heteroatoms. The van der Waals surface area contributed by atoms with Crippen molar-refractivity contribution in [1.82, 2.24) is 15.1 Å². The van der Waals surface area contributed by atoms with Gasteiger partial charge >= 0.3 is 0 Å². The molecule has 0 atom stereocenters. The van der Waals surface area contributed by atoms with Crippen LogP contribution in [0, 0.1) is 11.3 Å². The fourth-order valence-electron chi connectivity index (χ4n) is 2.92. The van der Waals surface area contributed by atoms with E-state index in [4.69, 9.17) is 5.10 Å². The van der Waals surface area contributed by atoms with Crippen LogP contribution < -0.4 is 5.32 Å². The van der Waals surface area contributed by atoms with E-state index in [9.17, 15) is 10.1 Å². The van der Waals surface area contributed by atoms with Crippen LogP contribution >= 0.6 is 11.8 Å². The maximum Gasteiger partial charge on any atom is 0.261 e. The summed E-state index contributed by atoms with van der Waals surface area (Å²) >= 11 is 1.82. The number of hydrogen-bond donors (Lipinski definition) is 1. The Labute approximate surface area is 181 Å². The van der Waals surface area contributed by atoms with E-state index in [1.807, 2.05) is 73.4 Å². The third-order valence-electron chi connectivity index (χ3n) is 4.37. The average molecular weight is 417 g/mol. The first-order chi connectivity index (χ1) is 14.7. The lowest BCUT2D eigenvalue weighted by molar-refractivity contribution is -0.116. The van der Waals surface area contributed by atoms with E-state index < -0.39 is 0 Å². The number of likely N-dealkylation sites (N-methyl/N-ethyl adjacent to an activating group) is 1. The van der Waals surface area contributed by atoms with Crippen molar-refractivity contribution in [1.29, 1.82) is 5.26 Å². The number of para-hydroxylation sites is 1. The standard InChI is InChI=1S/C24H24N4OS/c1-3-14-30-22-12-10-18(11-13-22)23-20(15-19(16-25)24(29)26-4-2)17-28(27-23)21-8-6-5-7-9-21/h5-13,15,17H,3-4,14H2,1-2H3,(H,26,29). The zero-order valence-electron chi connectivity index (χ0n) is 17.1. The Kier molecular flexibility index (Phi) is 7.47. The lowest BCUT2D eigenvalue weighted by Gasteiger charge is -2.04. The molecule has 0 saturated carbocycles. The van der Waals surface area contributed by atoms with Crippen LogP contribution in [0.5, 0.6) is 0 Å². The molecule has 1 N–H and O–H groups in total. The normalized spacial score (nSPS) is 11.2. The second kappa shape index (κ2) is 10.5. The highest BCUT2D eigenvalue weighted by atomic mass is 32.2. The van der Waals surface area contributed by atoms with Crippen LogP contribution in [-0.2, 0) is 4.79 Å². The average Bonchev–Trinajstić information content (AvgIpc) is 3.21. The van der Waals surface area contributed by atoms with Crippen molar-refractivity contribution < 1.29 is 4.79 Å². The summed E-state index contributed by atoms with van der Waals surface area (Å²) in [5, 5.41) is 16.9. The van der Waals surface area contributed by atoms with Crippen molar-refractivity contribution in [3.8, 4) is 23.0 Å². The molecule has 1 heterocycles. The predicted octanol–water partition coefficient (Wildman–Crippen LogP) is 5.08. The van der Waals surface area contributed by atoms with Gasteiger partial charge in [0.25, 0.3) is 5.91 Å². The molecule has 1 amide bonds. The number of rotatable bonds is 8. The van der Waals surface area contributed by atoms with Gasteiger partial charge in [-0.15, -0.1) is 11.8 Å². The summed E-state index contributed by atoms with van der Waals surface area (Å²) in [6, 6.07) is 20.0. The summed E-state index contributed by atoms with van der Waals surface area (Å²) in [5.41, 5.74) is 3.34. The zero-order chi connectivity index (χ0) is 21.3. The Hall–Kier alpha value is -3.30. The number of thioether (sulfide) groups is 1. The topological polar surface area (TPSA) is 70.7 Å². The van der Waals surface area contributed by atoms with Crippen molar-refractivity contribution in [3.05, 3.63) is 71.9 Å². The molecule has 0 aliphatic heterocycles. The van der Waals surface area contributed by atoms with Gasteiger partial charge in [0.1, 0.15) is 11.6 Å². The van der Waals surface area contributed by atoms with Gasteiger partial charge in [0, 0.05) is 28.8 Å². The van der Waals surface area contributed by atoms with E-state index in [1.165, 1.54) is 4.90 Å². The molecule has 152 valence electrons. The van der Waals surface area contributed by atoms with Crippen LogP contribution in [0.1, 0.15) is 25.8 Å². The third kappa shape index (κ3) is 5.19. The van der Waals surface area contributed by atoms with Crippen LogP contribution in [0.4, 0.5) is 0 Å². The van der Waals surface area contributed by atoms with Crippen LogP contribution in [0.25, 0.3) is 23.0 Å². The molecule has 0 unspecified atom stereocenters. The quantitative estimate of drug-likeness (QED) is 0.316. The molecule has 0 aliphatic rings. The van der Waals surface area contributed by atoms with Gasteiger partial charge in [-0.25, -0.2) is 4.68 Å². The van der Waals surface area contributed by atoms with Crippen LogP contribution in [0.15, 0.2) is 71.3 Å². The number of carbonyl (C=O) groups excluding carboxylic acids is 1. The third-order valence-corrected chi connectivity index (χ3v) is 5.58. The number of nitriles is 1. The molecule has 0 bridgehead atoms. The smallest absolute Gasteiger partial charge is 0.261 e. The molecule has 0 saturated heterocycles. The van der Waals surface area contributed by atoms with Crippen molar-refractivity contribution in [2.75, 3.05) is 12.3 Å². The first kappa shape index (κ1) is 21.4. The number of aromatic nitrogens is 2. The second-order valence-electron chi connectivity index (χ2n) is 6.62. The molecule has 30 heavy (non-hydrogen) atoms. The Bertz CT molecular complexity index is 1060. The monoisotopic (exact) mass is 416 g/mol. The largest absolute Gasteiger partial charge is 0.352 e. The van der Waals surface area contributed by atoms with Gasteiger partial charge in [-0.05, 0) is 49.4 Å². The van der Waals surface area contributed by atoms with Gasteiger partial charge < -0.3 is 5.32 Å². The van der Waals surface area contributed by atoms with Gasteiger partial charge in [-0.1, -0.05) is 37.3 Å². The minimum Gasteiger partial charge on any atom is -0.352 e. The molecule has 3 rings (SSSR count). The van der Waals surface area contributed by atoms with Crippen molar-refractivity contribution >= 4 is 23.7 Å². The number of carbonyl (C=O) groups is 1. The minimum absolute atomic E-state index is 0.0563. The van der Waals surface area contributed by atoms with E-state index in [1.54, 1.807) is 10.8 Å². The number of amides is 1. The van der Waals surface area contributed by atoms with Crippen molar-refractivity contribution in [2.24, 2.45) is 0 Å². The van der Waals surface area contributed by atoms with Gasteiger partial charge in [0.2, 0.25) is 0 Å². The second-order valence-corrected chi connectivity index (χ2v) is 7.78. The summed E-state index contributed by atoms with van der Waals surface area (Å²) in [5.74, 6) is 0.693. The molecule has 0 aliphatic carbocycles. The molecule has 5 nitrogen and oxygen atoms in total. The maximum atomic E-state index is 12.2. The molecule has 2 aromatic carbocycles. The van der Waals surface area contributed by atoms with Crippen LogP contribution in [-0.4, -0.2) is 28.0 Å². The number of nitrogens with zero attached hydrogens (tertiary/aromatic N) is 3. The summed E-state index contributed by atoms with van der Waals surface area (Å²) in [6.45, 7) is 4.45. The first-order valence-corrected chi connectivity index (χ1v) is 10.9. The lowest BCUT2D eigenvalue weighted by atomic mass is 10.1. The highest BCUT2D eigenvalue weighted by molar-refractivity contribution is 7.99. The molecule has 1 aromatic heterocycles.